The first-order valence-corrected chi connectivity index (χ1v) is 8.23. The van der Waals surface area contributed by atoms with Crippen molar-refractivity contribution in [2.24, 2.45) is 23.7 Å². The molecule has 0 amide bonds. The Kier molecular flexibility index (Phi) is 5.26. The Hall–Kier alpha value is -0.330. The third-order valence-electron chi connectivity index (χ3n) is 5.49. The second-order valence-electron chi connectivity index (χ2n) is 6.82. The largest absolute Gasteiger partial charge is 0.299 e. The van der Waals surface area contributed by atoms with Gasteiger partial charge in [-0.3, -0.25) is 4.79 Å². The van der Waals surface area contributed by atoms with E-state index >= 15 is 0 Å². The van der Waals surface area contributed by atoms with Crippen molar-refractivity contribution in [1.82, 2.24) is 0 Å². The lowest BCUT2D eigenvalue weighted by Crippen LogP contribution is -2.29. The summed E-state index contributed by atoms with van der Waals surface area (Å²) >= 11 is 0. The molecule has 2 saturated carbocycles. The summed E-state index contributed by atoms with van der Waals surface area (Å²) < 4.78 is 0. The zero-order chi connectivity index (χ0) is 13.0. The van der Waals surface area contributed by atoms with Gasteiger partial charge in [0.2, 0.25) is 0 Å². The molecule has 1 nitrogen and oxygen atoms in total. The molecule has 0 bridgehead atoms. The van der Waals surface area contributed by atoms with Gasteiger partial charge >= 0.3 is 0 Å². The van der Waals surface area contributed by atoms with Crippen LogP contribution in [0.4, 0.5) is 0 Å². The van der Waals surface area contributed by atoms with Gasteiger partial charge in [-0.2, -0.15) is 0 Å². The van der Waals surface area contributed by atoms with Crippen LogP contribution in [0.15, 0.2) is 0 Å². The number of rotatable bonds is 4. The molecule has 104 valence electrons. The molecular formula is C17H30O. The Morgan fingerprint density at radius 3 is 2.39 bits per heavy atom. The molecule has 0 spiro atoms. The van der Waals surface area contributed by atoms with Crippen molar-refractivity contribution in [2.45, 2.75) is 78.1 Å². The maximum Gasteiger partial charge on any atom is 0.135 e. The van der Waals surface area contributed by atoms with Gasteiger partial charge < -0.3 is 0 Å². The van der Waals surface area contributed by atoms with E-state index < -0.39 is 0 Å². The van der Waals surface area contributed by atoms with Crippen molar-refractivity contribution in [3.05, 3.63) is 0 Å². The maximum absolute atomic E-state index is 11.6. The number of Topliss-reactive ketones (excluding diaryl/α,β-unsaturated/α-hetero) is 1. The summed E-state index contributed by atoms with van der Waals surface area (Å²) in [6, 6.07) is 0. The molecule has 2 atom stereocenters. The van der Waals surface area contributed by atoms with Crippen molar-refractivity contribution in [1.29, 1.82) is 0 Å². The summed E-state index contributed by atoms with van der Waals surface area (Å²) in [5, 5.41) is 0. The summed E-state index contributed by atoms with van der Waals surface area (Å²) in [5.74, 6) is 3.69. The van der Waals surface area contributed by atoms with Crippen LogP contribution in [0.5, 0.6) is 0 Å². The Morgan fingerprint density at radius 2 is 1.78 bits per heavy atom. The van der Waals surface area contributed by atoms with Gasteiger partial charge in [0.1, 0.15) is 5.78 Å². The quantitative estimate of drug-likeness (QED) is 0.687. The van der Waals surface area contributed by atoms with Crippen LogP contribution in [0.2, 0.25) is 0 Å². The van der Waals surface area contributed by atoms with E-state index in [9.17, 15) is 4.79 Å². The Bertz CT molecular complexity index is 263. The van der Waals surface area contributed by atoms with Gasteiger partial charge in [-0.15, -0.1) is 0 Å². The molecule has 1 heteroatoms. The zero-order valence-corrected chi connectivity index (χ0v) is 12.3. The number of hydrogen-bond acceptors (Lipinski definition) is 1. The highest BCUT2D eigenvalue weighted by molar-refractivity contribution is 5.81. The van der Waals surface area contributed by atoms with Gasteiger partial charge in [0.05, 0.1) is 0 Å². The van der Waals surface area contributed by atoms with Crippen molar-refractivity contribution in [3.63, 3.8) is 0 Å². The Balaban J connectivity index is 1.74. The monoisotopic (exact) mass is 250 g/mol. The molecule has 0 saturated heterocycles. The minimum Gasteiger partial charge on any atom is -0.299 e. The zero-order valence-electron chi connectivity index (χ0n) is 12.3. The van der Waals surface area contributed by atoms with Crippen molar-refractivity contribution in [2.75, 3.05) is 0 Å². The maximum atomic E-state index is 11.6. The highest BCUT2D eigenvalue weighted by Gasteiger charge is 2.32. The van der Waals surface area contributed by atoms with Crippen LogP contribution in [0.25, 0.3) is 0 Å². The van der Waals surface area contributed by atoms with E-state index in [1.54, 1.807) is 0 Å². The summed E-state index contributed by atoms with van der Waals surface area (Å²) in [6.07, 6.45) is 13.3. The highest BCUT2D eigenvalue weighted by Crippen LogP contribution is 2.41. The summed E-state index contributed by atoms with van der Waals surface area (Å²) in [6.45, 7) is 4.44. The summed E-state index contributed by atoms with van der Waals surface area (Å²) in [4.78, 5) is 11.6. The van der Waals surface area contributed by atoms with E-state index in [1.165, 1.54) is 57.8 Å². The van der Waals surface area contributed by atoms with Crippen LogP contribution >= 0.6 is 0 Å². The van der Waals surface area contributed by atoms with E-state index in [1.807, 2.05) is 0 Å². The minimum atomic E-state index is 0.349. The van der Waals surface area contributed by atoms with Gasteiger partial charge in [0, 0.05) is 12.3 Å². The molecule has 0 heterocycles. The molecule has 0 aromatic heterocycles. The van der Waals surface area contributed by atoms with Crippen LogP contribution in [0.3, 0.4) is 0 Å². The number of hydrogen-bond donors (Lipinski definition) is 0. The van der Waals surface area contributed by atoms with Gasteiger partial charge in [-0.1, -0.05) is 46.0 Å². The first-order valence-electron chi connectivity index (χ1n) is 8.23. The average Bonchev–Trinajstić information content (AvgIpc) is 2.40. The molecule has 0 aliphatic heterocycles. The fraction of sp³-hybridized carbons (Fsp3) is 0.941. The number of unbranched alkanes of at least 4 members (excludes halogenated alkanes) is 1. The van der Waals surface area contributed by atoms with Crippen LogP contribution < -0.4 is 0 Å². The van der Waals surface area contributed by atoms with E-state index in [0.717, 1.165) is 24.2 Å². The normalized spacial score (nSPS) is 37.8. The molecule has 0 aromatic rings. The smallest absolute Gasteiger partial charge is 0.135 e. The molecule has 2 aliphatic rings. The third kappa shape index (κ3) is 3.59. The average molecular weight is 250 g/mol. The second kappa shape index (κ2) is 6.73. The van der Waals surface area contributed by atoms with Gasteiger partial charge in [-0.05, 0) is 43.4 Å². The predicted octanol–water partition coefficient (Wildman–Crippen LogP) is 4.99. The molecule has 0 N–H and O–H groups in total. The lowest BCUT2D eigenvalue weighted by molar-refractivity contribution is -0.125. The van der Waals surface area contributed by atoms with Crippen molar-refractivity contribution in [3.8, 4) is 0 Å². The van der Waals surface area contributed by atoms with E-state index in [-0.39, 0.29) is 0 Å². The number of carbonyl (C=O) groups excluding carboxylic acids is 1. The van der Waals surface area contributed by atoms with E-state index in [4.69, 9.17) is 0 Å². The van der Waals surface area contributed by atoms with Crippen molar-refractivity contribution >= 4 is 5.78 Å². The first-order chi connectivity index (χ1) is 8.70. The topological polar surface area (TPSA) is 17.1 Å². The van der Waals surface area contributed by atoms with E-state index in [2.05, 4.69) is 13.8 Å². The fourth-order valence-corrected chi connectivity index (χ4v) is 4.15. The van der Waals surface area contributed by atoms with Crippen LogP contribution in [0.1, 0.15) is 78.1 Å². The molecule has 2 aliphatic carbocycles. The summed E-state index contributed by atoms with van der Waals surface area (Å²) in [5.41, 5.74) is 0. The predicted molar refractivity (Wildman–Crippen MR) is 76.5 cm³/mol. The standard InChI is InChI=1S/C17H30O/c1-3-4-5-14-6-8-15(9-7-14)16-10-11-17(18)13(2)12-16/h13-16H,3-12H2,1-2H3. The fourth-order valence-electron chi connectivity index (χ4n) is 4.15. The molecule has 0 aromatic carbocycles. The van der Waals surface area contributed by atoms with Gasteiger partial charge in [0.15, 0.2) is 0 Å². The third-order valence-corrected chi connectivity index (χ3v) is 5.49. The van der Waals surface area contributed by atoms with Crippen LogP contribution in [-0.2, 0) is 4.79 Å². The number of carbonyl (C=O) groups is 1. The lowest BCUT2D eigenvalue weighted by atomic mass is 9.68. The second-order valence-corrected chi connectivity index (χ2v) is 6.82. The molecule has 2 unspecified atom stereocenters. The van der Waals surface area contributed by atoms with Gasteiger partial charge in [-0.25, -0.2) is 0 Å². The van der Waals surface area contributed by atoms with Crippen LogP contribution in [0, 0.1) is 23.7 Å². The van der Waals surface area contributed by atoms with Crippen LogP contribution in [-0.4, -0.2) is 5.78 Å². The molecule has 2 rings (SSSR count). The highest BCUT2D eigenvalue weighted by atomic mass is 16.1. The molecule has 18 heavy (non-hydrogen) atoms. The number of ketones is 1. The first kappa shape index (κ1) is 14.1. The summed E-state index contributed by atoms with van der Waals surface area (Å²) in [7, 11) is 0. The van der Waals surface area contributed by atoms with E-state index in [0.29, 0.717) is 11.7 Å². The minimum absolute atomic E-state index is 0.349. The SMILES string of the molecule is CCCCC1CCC(C2CCC(=O)C(C)C2)CC1. The van der Waals surface area contributed by atoms with Gasteiger partial charge in [0.25, 0.3) is 0 Å². The Morgan fingerprint density at radius 1 is 1.06 bits per heavy atom. The Labute approximate surface area is 113 Å². The lowest BCUT2D eigenvalue weighted by Gasteiger charge is -2.37. The molecule has 0 radical (unpaired) electrons. The molecule has 2 fully saturated rings. The molecular weight excluding hydrogens is 220 g/mol. The van der Waals surface area contributed by atoms with Crippen molar-refractivity contribution < 1.29 is 4.79 Å².